The number of anilines is 1. The van der Waals surface area contributed by atoms with Gasteiger partial charge in [-0.3, -0.25) is 0 Å². The number of thiazole rings is 1. The van der Waals surface area contributed by atoms with Gasteiger partial charge >= 0.3 is 0 Å². The number of nitrogens with two attached hydrogens (primary N) is 1. The summed E-state index contributed by atoms with van der Waals surface area (Å²) in [5.41, 5.74) is 6.97. The SMILES string of the molecule is C[C@H]1C[C@@H](Nc2nc3c4c(ccc3s2)OCO4)[C@@H](N)CO1. The van der Waals surface area contributed by atoms with Crippen molar-refractivity contribution in [2.45, 2.75) is 31.5 Å². The summed E-state index contributed by atoms with van der Waals surface area (Å²) in [6.07, 6.45) is 1.10. The lowest BCUT2D eigenvalue weighted by Crippen LogP contribution is -2.49. The van der Waals surface area contributed by atoms with Crippen LogP contribution in [0.3, 0.4) is 0 Å². The molecule has 4 rings (SSSR count). The zero-order valence-corrected chi connectivity index (χ0v) is 12.5. The van der Waals surface area contributed by atoms with Gasteiger partial charge in [-0.2, -0.15) is 0 Å². The van der Waals surface area contributed by atoms with E-state index >= 15 is 0 Å². The monoisotopic (exact) mass is 307 g/mol. The van der Waals surface area contributed by atoms with E-state index in [4.69, 9.17) is 19.9 Å². The van der Waals surface area contributed by atoms with Crippen molar-refractivity contribution in [3.05, 3.63) is 12.1 Å². The van der Waals surface area contributed by atoms with Crippen LogP contribution in [0.2, 0.25) is 0 Å². The molecule has 0 spiro atoms. The van der Waals surface area contributed by atoms with Crippen molar-refractivity contribution >= 4 is 26.7 Å². The zero-order chi connectivity index (χ0) is 14.4. The molecule has 0 aliphatic carbocycles. The van der Waals surface area contributed by atoms with Crippen molar-refractivity contribution in [1.29, 1.82) is 0 Å². The van der Waals surface area contributed by atoms with E-state index in [2.05, 4.69) is 17.2 Å². The summed E-state index contributed by atoms with van der Waals surface area (Å²) < 4.78 is 17.5. The minimum Gasteiger partial charge on any atom is -0.454 e. The van der Waals surface area contributed by atoms with Gasteiger partial charge in [-0.1, -0.05) is 11.3 Å². The number of rotatable bonds is 2. The fraction of sp³-hybridized carbons (Fsp3) is 0.500. The van der Waals surface area contributed by atoms with Crippen LogP contribution in [-0.4, -0.2) is 36.6 Å². The first-order valence-corrected chi connectivity index (χ1v) is 7.85. The van der Waals surface area contributed by atoms with Crippen LogP contribution in [-0.2, 0) is 4.74 Å². The van der Waals surface area contributed by atoms with E-state index < -0.39 is 0 Å². The molecule has 1 aromatic carbocycles. The highest BCUT2D eigenvalue weighted by Crippen LogP contribution is 2.41. The van der Waals surface area contributed by atoms with E-state index in [-0.39, 0.29) is 25.0 Å². The average molecular weight is 307 g/mol. The second-order valence-corrected chi connectivity index (χ2v) is 6.49. The van der Waals surface area contributed by atoms with Gasteiger partial charge in [0.05, 0.1) is 17.4 Å². The predicted molar refractivity (Wildman–Crippen MR) is 81.2 cm³/mol. The Hall–Kier alpha value is -1.57. The summed E-state index contributed by atoms with van der Waals surface area (Å²) >= 11 is 1.61. The molecule has 7 heteroatoms. The molecule has 112 valence electrons. The molecular weight excluding hydrogens is 290 g/mol. The largest absolute Gasteiger partial charge is 0.454 e. The number of nitrogens with zero attached hydrogens (tertiary/aromatic N) is 1. The highest BCUT2D eigenvalue weighted by molar-refractivity contribution is 7.22. The van der Waals surface area contributed by atoms with Gasteiger partial charge in [-0.15, -0.1) is 0 Å². The standard InChI is InChI=1S/C14H17N3O3S/c1-7-4-9(8(15)5-18-7)16-14-17-12-11(21-14)3-2-10-13(12)20-6-19-10/h2-3,7-9H,4-6,15H2,1H3,(H,16,17)/t7-,8-,9+/m0/s1. The Morgan fingerprint density at radius 3 is 3.19 bits per heavy atom. The van der Waals surface area contributed by atoms with Crippen LogP contribution in [0.15, 0.2) is 12.1 Å². The Bertz CT molecular complexity index is 675. The number of hydrogen-bond donors (Lipinski definition) is 2. The maximum atomic E-state index is 6.12. The minimum atomic E-state index is -0.0153. The van der Waals surface area contributed by atoms with E-state index in [9.17, 15) is 0 Å². The van der Waals surface area contributed by atoms with Crippen LogP contribution in [0.1, 0.15) is 13.3 Å². The Morgan fingerprint density at radius 2 is 2.29 bits per heavy atom. The first kappa shape index (κ1) is 13.1. The molecule has 3 atom stereocenters. The Kier molecular flexibility index (Phi) is 3.13. The third kappa shape index (κ3) is 2.31. The summed E-state index contributed by atoms with van der Waals surface area (Å²) in [5.74, 6) is 1.50. The third-order valence-corrected chi connectivity index (χ3v) is 4.83. The number of fused-ring (bicyclic) bond motifs is 3. The molecule has 0 saturated carbocycles. The van der Waals surface area contributed by atoms with Crippen LogP contribution in [0.4, 0.5) is 5.13 Å². The van der Waals surface area contributed by atoms with Crippen LogP contribution in [0, 0.1) is 0 Å². The van der Waals surface area contributed by atoms with Crippen molar-refractivity contribution in [2.75, 3.05) is 18.7 Å². The molecule has 6 nitrogen and oxygen atoms in total. The van der Waals surface area contributed by atoms with E-state index in [1.165, 1.54) is 0 Å². The van der Waals surface area contributed by atoms with Gasteiger partial charge in [0, 0.05) is 12.1 Å². The second-order valence-electron chi connectivity index (χ2n) is 5.46. The molecule has 0 unspecified atom stereocenters. The molecular formula is C14H17N3O3S. The molecule has 0 radical (unpaired) electrons. The van der Waals surface area contributed by atoms with Crippen molar-refractivity contribution < 1.29 is 14.2 Å². The number of benzene rings is 1. The fourth-order valence-corrected chi connectivity index (χ4v) is 3.66. The second kappa shape index (κ2) is 5.01. The summed E-state index contributed by atoms with van der Waals surface area (Å²) in [4.78, 5) is 4.64. The van der Waals surface area contributed by atoms with Gasteiger partial charge < -0.3 is 25.3 Å². The molecule has 3 N–H and O–H groups in total. The third-order valence-electron chi connectivity index (χ3n) is 3.88. The van der Waals surface area contributed by atoms with E-state index in [0.29, 0.717) is 6.61 Å². The van der Waals surface area contributed by atoms with E-state index in [1.54, 1.807) is 11.3 Å². The first-order valence-electron chi connectivity index (χ1n) is 7.03. The van der Waals surface area contributed by atoms with Gasteiger partial charge in [0.2, 0.25) is 6.79 Å². The van der Waals surface area contributed by atoms with Crippen molar-refractivity contribution in [2.24, 2.45) is 5.73 Å². The van der Waals surface area contributed by atoms with Crippen LogP contribution in [0.5, 0.6) is 11.5 Å². The number of ether oxygens (including phenoxy) is 3. The zero-order valence-electron chi connectivity index (χ0n) is 11.7. The van der Waals surface area contributed by atoms with Gasteiger partial charge in [-0.25, -0.2) is 4.98 Å². The maximum Gasteiger partial charge on any atom is 0.231 e. The van der Waals surface area contributed by atoms with Gasteiger partial charge in [0.25, 0.3) is 0 Å². The average Bonchev–Trinajstić information content (AvgIpc) is 3.07. The predicted octanol–water partition coefficient (Wildman–Crippen LogP) is 1.94. The summed E-state index contributed by atoms with van der Waals surface area (Å²) in [6.45, 7) is 2.91. The lowest BCUT2D eigenvalue weighted by atomic mass is 10.0. The molecule has 21 heavy (non-hydrogen) atoms. The Labute approximate surface area is 126 Å². The first-order chi connectivity index (χ1) is 10.2. The highest BCUT2D eigenvalue weighted by Gasteiger charge is 2.28. The Morgan fingerprint density at radius 1 is 1.38 bits per heavy atom. The number of aromatic nitrogens is 1. The Balaban J connectivity index is 1.62. The smallest absolute Gasteiger partial charge is 0.231 e. The number of hydrogen-bond acceptors (Lipinski definition) is 7. The van der Waals surface area contributed by atoms with Crippen molar-refractivity contribution in [3.8, 4) is 11.5 Å². The van der Waals surface area contributed by atoms with Gasteiger partial charge in [0.15, 0.2) is 16.6 Å². The molecule has 1 fully saturated rings. The molecule has 1 saturated heterocycles. The lowest BCUT2D eigenvalue weighted by molar-refractivity contribution is 0.0115. The van der Waals surface area contributed by atoms with E-state index in [0.717, 1.165) is 33.3 Å². The van der Waals surface area contributed by atoms with E-state index in [1.807, 2.05) is 12.1 Å². The molecule has 2 aliphatic rings. The molecule has 0 bridgehead atoms. The van der Waals surface area contributed by atoms with Crippen LogP contribution in [0.25, 0.3) is 10.2 Å². The van der Waals surface area contributed by atoms with Crippen molar-refractivity contribution in [3.63, 3.8) is 0 Å². The lowest BCUT2D eigenvalue weighted by Gasteiger charge is -2.33. The van der Waals surface area contributed by atoms with Gasteiger partial charge in [-0.05, 0) is 25.5 Å². The molecule has 3 heterocycles. The number of nitrogens with one attached hydrogen (secondary N) is 1. The van der Waals surface area contributed by atoms with Gasteiger partial charge in [0.1, 0.15) is 5.52 Å². The normalized spacial score (nSPS) is 28.0. The quantitative estimate of drug-likeness (QED) is 0.883. The topological polar surface area (TPSA) is 78.6 Å². The summed E-state index contributed by atoms with van der Waals surface area (Å²) in [6, 6.07) is 4.10. The summed E-state index contributed by atoms with van der Waals surface area (Å²) in [5, 5.41) is 4.31. The molecule has 0 amide bonds. The molecule has 1 aromatic heterocycles. The molecule has 2 aliphatic heterocycles. The minimum absolute atomic E-state index is 0.0153. The maximum absolute atomic E-state index is 6.12. The van der Waals surface area contributed by atoms with Crippen LogP contribution < -0.4 is 20.5 Å². The van der Waals surface area contributed by atoms with Crippen LogP contribution >= 0.6 is 11.3 Å². The highest BCUT2D eigenvalue weighted by atomic mass is 32.1. The molecule has 2 aromatic rings. The van der Waals surface area contributed by atoms with Crippen molar-refractivity contribution in [1.82, 2.24) is 4.98 Å². The fourth-order valence-electron chi connectivity index (χ4n) is 2.73. The summed E-state index contributed by atoms with van der Waals surface area (Å²) in [7, 11) is 0.